The third-order valence-electron chi connectivity index (χ3n) is 5.70. The molecule has 2 atom stereocenters. The number of anilines is 1. The molecule has 7 nitrogen and oxygen atoms in total. The number of aliphatic hydroxyl groups excluding tert-OH is 1. The van der Waals surface area contributed by atoms with Gasteiger partial charge in [-0.3, -0.25) is 4.79 Å². The Kier molecular flexibility index (Phi) is 4.20. The van der Waals surface area contributed by atoms with Gasteiger partial charge >= 0.3 is 5.97 Å². The lowest BCUT2D eigenvalue weighted by Crippen LogP contribution is -2.45. The third-order valence-corrected chi connectivity index (χ3v) is 5.70. The van der Waals surface area contributed by atoms with Gasteiger partial charge in [0.25, 0.3) is 0 Å². The molecule has 0 amide bonds. The fourth-order valence-corrected chi connectivity index (χ4v) is 4.23. The Hall–Kier alpha value is -2.45. The zero-order valence-electron chi connectivity index (χ0n) is 15.3. The summed E-state index contributed by atoms with van der Waals surface area (Å²) in [6.45, 7) is 4.63. The molecule has 1 fully saturated rings. The fourth-order valence-electron chi connectivity index (χ4n) is 4.23. The zero-order chi connectivity index (χ0) is 19.5. The molecule has 0 radical (unpaired) electrons. The number of piperazine rings is 1. The van der Waals surface area contributed by atoms with E-state index in [4.69, 9.17) is 0 Å². The smallest absolute Gasteiger partial charge is 0.341 e. The lowest BCUT2D eigenvalue weighted by atomic mass is 9.91. The van der Waals surface area contributed by atoms with Crippen molar-refractivity contribution in [2.45, 2.75) is 25.5 Å². The first-order chi connectivity index (χ1) is 12.8. The lowest BCUT2D eigenvalue weighted by molar-refractivity contribution is 0.0694. The maximum absolute atomic E-state index is 15.1. The Morgan fingerprint density at radius 2 is 1.93 bits per heavy atom. The summed E-state index contributed by atoms with van der Waals surface area (Å²) < 4.78 is 16.8. The van der Waals surface area contributed by atoms with E-state index in [0.717, 1.165) is 19.2 Å². The maximum Gasteiger partial charge on any atom is 0.341 e. The number of hydrogen-bond acceptors (Lipinski definition) is 5. The second kappa shape index (κ2) is 6.31. The highest BCUT2D eigenvalue weighted by atomic mass is 19.1. The molecule has 2 aliphatic heterocycles. The van der Waals surface area contributed by atoms with Gasteiger partial charge < -0.3 is 24.6 Å². The van der Waals surface area contributed by atoms with E-state index in [2.05, 4.69) is 4.90 Å². The number of pyridine rings is 1. The quantitative estimate of drug-likeness (QED) is 0.829. The van der Waals surface area contributed by atoms with E-state index < -0.39 is 23.3 Å². The van der Waals surface area contributed by atoms with Crippen molar-refractivity contribution in [2.24, 2.45) is 0 Å². The molecule has 8 heteroatoms. The van der Waals surface area contributed by atoms with Crippen molar-refractivity contribution in [3.05, 3.63) is 39.4 Å². The predicted molar refractivity (Wildman–Crippen MR) is 99.1 cm³/mol. The lowest BCUT2D eigenvalue weighted by Gasteiger charge is -2.38. The number of aromatic nitrogens is 1. The molecule has 3 heterocycles. The highest BCUT2D eigenvalue weighted by Gasteiger charge is 2.33. The predicted octanol–water partition coefficient (Wildman–Crippen LogP) is 1.59. The summed E-state index contributed by atoms with van der Waals surface area (Å²) in [5.74, 6) is -1.93. The average molecular weight is 375 g/mol. The highest BCUT2D eigenvalue weighted by molar-refractivity contribution is 5.95. The summed E-state index contributed by atoms with van der Waals surface area (Å²) >= 11 is 0. The van der Waals surface area contributed by atoms with Crippen molar-refractivity contribution >= 4 is 22.6 Å². The number of carboxylic acid groups (broad SMARTS) is 1. The molecule has 1 saturated heterocycles. The van der Waals surface area contributed by atoms with Gasteiger partial charge in [-0.25, -0.2) is 9.18 Å². The van der Waals surface area contributed by atoms with Crippen LogP contribution >= 0.6 is 0 Å². The molecule has 144 valence electrons. The van der Waals surface area contributed by atoms with E-state index in [1.807, 2.05) is 18.9 Å². The second-order valence-corrected chi connectivity index (χ2v) is 7.49. The fraction of sp³-hybridized carbons (Fsp3) is 0.474. The molecule has 2 unspecified atom stereocenters. The number of benzene rings is 1. The Labute approximate surface area is 155 Å². The van der Waals surface area contributed by atoms with Crippen molar-refractivity contribution in [2.75, 3.05) is 38.1 Å². The van der Waals surface area contributed by atoms with E-state index in [9.17, 15) is 19.8 Å². The summed E-state index contributed by atoms with van der Waals surface area (Å²) in [5.41, 5.74) is 0.0445. The molecule has 0 bridgehead atoms. The third kappa shape index (κ3) is 2.71. The molecule has 4 rings (SSSR count). The van der Waals surface area contributed by atoms with Crippen LogP contribution in [0.25, 0.3) is 10.9 Å². The molecule has 1 aromatic heterocycles. The van der Waals surface area contributed by atoms with Crippen molar-refractivity contribution in [3.63, 3.8) is 0 Å². The van der Waals surface area contributed by atoms with Gasteiger partial charge in [-0.15, -0.1) is 0 Å². The number of halogens is 1. The average Bonchev–Trinajstić information content (AvgIpc) is 2.61. The first kappa shape index (κ1) is 17.9. The first-order valence-corrected chi connectivity index (χ1v) is 9.05. The molecule has 0 aliphatic carbocycles. The largest absolute Gasteiger partial charge is 0.477 e. The molecule has 1 aromatic carbocycles. The van der Waals surface area contributed by atoms with Crippen LogP contribution in [-0.4, -0.2) is 58.9 Å². The van der Waals surface area contributed by atoms with Crippen LogP contribution in [0.15, 0.2) is 17.1 Å². The number of rotatable bonds is 2. The van der Waals surface area contributed by atoms with E-state index in [1.54, 1.807) is 4.57 Å². The Bertz CT molecular complexity index is 995. The number of carboxylic acids is 1. The van der Waals surface area contributed by atoms with Crippen molar-refractivity contribution in [1.82, 2.24) is 9.47 Å². The van der Waals surface area contributed by atoms with Crippen LogP contribution in [0.5, 0.6) is 0 Å². The van der Waals surface area contributed by atoms with E-state index in [-0.39, 0.29) is 17.0 Å². The SMILES string of the molecule is CC1CC(O)c2c(N3CCN(C)CC3)c(F)cc3c(=O)c(C(=O)O)cn1c23. The number of aliphatic hydroxyl groups is 1. The second-order valence-electron chi connectivity index (χ2n) is 7.49. The topological polar surface area (TPSA) is 86.0 Å². The number of hydrogen-bond donors (Lipinski definition) is 2. The summed E-state index contributed by atoms with van der Waals surface area (Å²) in [7, 11) is 2.00. The van der Waals surface area contributed by atoms with Crippen molar-refractivity contribution in [1.29, 1.82) is 0 Å². The highest BCUT2D eigenvalue weighted by Crippen LogP contribution is 2.43. The number of nitrogens with zero attached hydrogens (tertiary/aromatic N) is 3. The van der Waals surface area contributed by atoms with Crippen LogP contribution in [0, 0.1) is 5.82 Å². The summed E-state index contributed by atoms with van der Waals surface area (Å²) in [6.07, 6.45) is 0.732. The van der Waals surface area contributed by atoms with Crippen LogP contribution in [-0.2, 0) is 0 Å². The monoisotopic (exact) mass is 375 g/mol. The Morgan fingerprint density at radius 3 is 2.56 bits per heavy atom. The van der Waals surface area contributed by atoms with E-state index in [1.165, 1.54) is 6.20 Å². The van der Waals surface area contributed by atoms with E-state index >= 15 is 4.39 Å². The van der Waals surface area contributed by atoms with Gasteiger partial charge in [-0.05, 0) is 26.5 Å². The minimum absolute atomic E-state index is 0.00544. The zero-order valence-corrected chi connectivity index (χ0v) is 15.3. The first-order valence-electron chi connectivity index (χ1n) is 9.05. The molecule has 2 N–H and O–H groups in total. The van der Waals surface area contributed by atoms with Gasteiger partial charge in [0.15, 0.2) is 0 Å². The summed E-state index contributed by atoms with van der Waals surface area (Å²) in [6, 6.07) is 0.919. The summed E-state index contributed by atoms with van der Waals surface area (Å²) in [5, 5.41) is 20.1. The molecule has 2 aliphatic rings. The van der Waals surface area contributed by atoms with E-state index in [0.29, 0.717) is 36.3 Å². The normalized spacial score (nSPS) is 23.0. The van der Waals surface area contributed by atoms with Crippen LogP contribution in [0.3, 0.4) is 0 Å². The maximum atomic E-state index is 15.1. The van der Waals surface area contributed by atoms with Gasteiger partial charge in [0, 0.05) is 44.0 Å². The van der Waals surface area contributed by atoms with Crippen LogP contribution < -0.4 is 10.3 Å². The van der Waals surface area contributed by atoms with Gasteiger partial charge in [0.1, 0.15) is 11.4 Å². The summed E-state index contributed by atoms with van der Waals surface area (Å²) in [4.78, 5) is 28.2. The molecule has 2 aromatic rings. The number of carbonyl (C=O) groups is 1. The minimum atomic E-state index is -1.34. The molecule has 27 heavy (non-hydrogen) atoms. The van der Waals surface area contributed by atoms with Gasteiger partial charge in [-0.1, -0.05) is 0 Å². The van der Waals surface area contributed by atoms with Gasteiger partial charge in [-0.2, -0.15) is 0 Å². The number of likely N-dealkylation sites (N-methyl/N-ethyl adjacent to an activating group) is 1. The number of aromatic carboxylic acids is 1. The molecule has 0 saturated carbocycles. The van der Waals surface area contributed by atoms with Gasteiger partial charge in [0.05, 0.1) is 22.7 Å². The van der Waals surface area contributed by atoms with Crippen molar-refractivity contribution < 1.29 is 19.4 Å². The Morgan fingerprint density at radius 1 is 1.26 bits per heavy atom. The van der Waals surface area contributed by atoms with Crippen LogP contribution in [0.1, 0.15) is 41.4 Å². The van der Waals surface area contributed by atoms with Gasteiger partial charge in [0.2, 0.25) is 5.43 Å². The molecule has 0 spiro atoms. The molecular formula is C19H22FN3O4. The molecular weight excluding hydrogens is 353 g/mol. The Balaban J connectivity index is 2.05. The van der Waals surface area contributed by atoms with Crippen LogP contribution in [0.4, 0.5) is 10.1 Å². The van der Waals surface area contributed by atoms with Crippen LogP contribution in [0.2, 0.25) is 0 Å². The van der Waals surface area contributed by atoms with Crippen molar-refractivity contribution in [3.8, 4) is 0 Å². The minimum Gasteiger partial charge on any atom is -0.477 e. The standard InChI is InChI=1S/C19H22FN3O4/c1-10-7-14(24)15-16-11(18(25)12(19(26)27)9-23(10)16)8-13(20)17(15)22-5-3-21(2)4-6-22/h8-10,14,24H,3-7H2,1-2H3,(H,26,27).